The molecule has 6 heteroatoms. The zero-order valence-corrected chi connectivity index (χ0v) is 14.2. The maximum atomic E-state index is 5.90. The number of unbranched alkanes of at least 4 members (excludes halogenated alkanes) is 3. The summed E-state index contributed by atoms with van der Waals surface area (Å²) in [6.07, 6.45) is 7.31. The van der Waals surface area contributed by atoms with E-state index in [9.17, 15) is 0 Å². The first-order valence-corrected chi connectivity index (χ1v) is 8.39. The predicted octanol–water partition coefficient (Wildman–Crippen LogP) is 4.37. The van der Waals surface area contributed by atoms with Gasteiger partial charge in [0.2, 0.25) is 17.2 Å². The van der Waals surface area contributed by atoms with E-state index >= 15 is 0 Å². The van der Waals surface area contributed by atoms with Gasteiger partial charge in [0.15, 0.2) is 0 Å². The summed E-state index contributed by atoms with van der Waals surface area (Å²) < 4.78 is 0. The summed E-state index contributed by atoms with van der Waals surface area (Å²) in [7, 11) is 0. The molecule has 0 atom stereocenters. The van der Waals surface area contributed by atoms with E-state index < -0.39 is 0 Å². The molecule has 2 N–H and O–H groups in total. The number of halogens is 1. The summed E-state index contributed by atoms with van der Waals surface area (Å²) >= 11 is 5.90. The summed E-state index contributed by atoms with van der Waals surface area (Å²) in [4.78, 5) is 12.4. The van der Waals surface area contributed by atoms with Crippen LogP contribution in [0.3, 0.4) is 0 Å². The van der Waals surface area contributed by atoms with Crippen LogP contribution in [0.25, 0.3) is 0 Å². The van der Waals surface area contributed by atoms with E-state index in [-0.39, 0.29) is 5.28 Å². The lowest BCUT2D eigenvalue weighted by molar-refractivity contribution is 0.523. The highest BCUT2D eigenvalue weighted by Crippen LogP contribution is 2.11. The number of aromatic nitrogens is 3. The SMILES string of the molecule is CCCNc1nc(Cl)nc(NCCCCCCC(C)C)n1. The Balaban J connectivity index is 2.23. The maximum Gasteiger partial charge on any atom is 0.228 e. The fourth-order valence-electron chi connectivity index (χ4n) is 1.98. The van der Waals surface area contributed by atoms with E-state index in [1.807, 2.05) is 0 Å². The Hall–Kier alpha value is -1.10. The minimum atomic E-state index is 0.225. The lowest BCUT2D eigenvalue weighted by atomic mass is 10.0. The summed E-state index contributed by atoms with van der Waals surface area (Å²) in [5, 5.41) is 6.56. The van der Waals surface area contributed by atoms with Gasteiger partial charge in [-0.3, -0.25) is 0 Å². The van der Waals surface area contributed by atoms with Gasteiger partial charge in [-0.1, -0.05) is 46.5 Å². The average Bonchev–Trinajstić information content (AvgIpc) is 2.43. The Morgan fingerprint density at radius 3 is 2.14 bits per heavy atom. The van der Waals surface area contributed by atoms with Crippen molar-refractivity contribution >= 4 is 23.5 Å². The van der Waals surface area contributed by atoms with Gasteiger partial charge in [-0.15, -0.1) is 0 Å². The van der Waals surface area contributed by atoms with Crippen LogP contribution < -0.4 is 10.6 Å². The monoisotopic (exact) mass is 313 g/mol. The number of hydrogen-bond acceptors (Lipinski definition) is 5. The molecule has 0 amide bonds. The second-order valence-electron chi connectivity index (χ2n) is 5.70. The normalized spacial score (nSPS) is 10.9. The van der Waals surface area contributed by atoms with Crippen molar-refractivity contribution in [3.8, 4) is 0 Å². The topological polar surface area (TPSA) is 62.7 Å². The highest BCUT2D eigenvalue weighted by atomic mass is 35.5. The van der Waals surface area contributed by atoms with Crippen molar-refractivity contribution in [1.82, 2.24) is 15.0 Å². The first-order valence-electron chi connectivity index (χ1n) is 8.01. The third-order valence-electron chi connectivity index (χ3n) is 3.13. The molecule has 120 valence electrons. The minimum Gasteiger partial charge on any atom is -0.354 e. The molecule has 1 heterocycles. The Bertz CT molecular complexity index is 398. The highest BCUT2D eigenvalue weighted by Gasteiger charge is 2.03. The molecular formula is C15H28ClN5. The molecule has 0 aliphatic carbocycles. The van der Waals surface area contributed by atoms with Gasteiger partial charge in [-0.2, -0.15) is 15.0 Å². The van der Waals surface area contributed by atoms with Crippen molar-refractivity contribution in [2.45, 2.75) is 59.3 Å². The van der Waals surface area contributed by atoms with Crippen molar-refractivity contribution in [1.29, 1.82) is 0 Å². The van der Waals surface area contributed by atoms with Crippen LogP contribution in [0.4, 0.5) is 11.9 Å². The molecule has 0 bridgehead atoms. The van der Waals surface area contributed by atoms with Crippen molar-refractivity contribution in [3.05, 3.63) is 5.28 Å². The first-order chi connectivity index (χ1) is 10.1. The van der Waals surface area contributed by atoms with Crippen LogP contribution in [-0.4, -0.2) is 28.0 Å². The first kappa shape index (κ1) is 18.0. The molecule has 0 aliphatic rings. The Labute approximate surface area is 133 Å². The third-order valence-corrected chi connectivity index (χ3v) is 3.30. The van der Waals surface area contributed by atoms with Gasteiger partial charge in [0.05, 0.1) is 0 Å². The summed E-state index contributed by atoms with van der Waals surface area (Å²) in [6, 6.07) is 0. The molecule has 1 aromatic rings. The van der Waals surface area contributed by atoms with E-state index in [0.29, 0.717) is 11.9 Å². The van der Waals surface area contributed by atoms with E-state index in [0.717, 1.165) is 31.8 Å². The molecule has 0 saturated heterocycles. The Kier molecular flexibility index (Phi) is 9.06. The fraction of sp³-hybridized carbons (Fsp3) is 0.800. The number of nitrogens with zero attached hydrogens (tertiary/aromatic N) is 3. The van der Waals surface area contributed by atoms with Gasteiger partial charge in [-0.05, 0) is 30.4 Å². The molecule has 1 rings (SSSR count). The predicted molar refractivity (Wildman–Crippen MR) is 90.0 cm³/mol. The van der Waals surface area contributed by atoms with Gasteiger partial charge < -0.3 is 10.6 Å². The van der Waals surface area contributed by atoms with Crippen LogP contribution in [0.1, 0.15) is 59.3 Å². The molecule has 1 aromatic heterocycles. The highest BCUT2D eigenvalue weighted by molar-refractivity contribution is 6.28. The molecule has 21 heavy (non-hydrogen) atoms. The van der Waals surface area contributed by atoms with Crippen LogP contribution in [-0.2, 0) is 0 Å². The van der Waals surface area contributed by atoms with Gasteiger partial charge in [-0.25, -0.2) is 0 Å². The van der Waals surface area contributed by atoms with Gasteiger partial charge in [0.25, 0.3) is 0 Å². The lowest BCUT2D eigenvalue weighted by Crippen LogP contribution is -2.10. The van der Waals surface area contributed by atoms with E-state index in [2.05, 4.69) is 46.4 Å². The number of anilines is 2. The molecule has 0 radical (unpaired) electrons. The van der Waals surface area contributed by atoms with Crippen molar-refractivity contribution in [2.75, 3.05) is 23.7 Å². The maximum absolute atomic E-state index is 5.90. The summed E-state index contributed by atoms with van der Waals surface area (Å²) in [5.41, 5.74) is 0. The zero-order valence-electron chi connectivity index (χ0n) is 13.5. The van der Waals surface area contributed by atoms with E-state index in [1.165, 1.54) is 25.7 Å². The number of nitrogens with one attached hydrogen (secondary N) is 2. The second kappa shape index (κ2) is 10.6. The standard InChI is InChI=1S/C15H28ClN5/c1-4-10-17-14-19-13(16)20-15(21-14)18-11-8-6-5-7-9-12(2)3/h12H,4-11H2,1-3H3,(H2,17,18,19,20,21). The van der Waals surface area contributed by atoms with Crippen LogP contribution in [0.15, 0.2) is 0 Å². The van der Waals surface area contributed by atoms with Crippen LogP contribution in [0, 0.1) is 5.92 Å². The number of hydrogen-bond donors (Lipinski definition) is 2. The molecular weight excluding hydrogens is 286 g/mol. The zero-order chi connectivity index (χ0) is 15.5. The van der Waals surface area contributed by atoms with Crippen molar-refractivity contribution in [3.63, 3.8) is 0 Å². The van der Waals surface area contributed by atoms with Crippen LogP contribution in [0.2, 0.25) is 5.28 Å². The molecule has 0 aromatic carbocycles. The fourth-order valence-corrected chi connectivity index (χ4v) is 2.14. The summed E-state index contributed by atoms with van der Waals surface area (Å²) in [6.45, 7) is 8.34. The molecule has 0 spiro atoms. The summed E-state index contributed by atoms with van der Waals surface area (Å²) in [5.74, 6) is 1.90. The van der Waals surface area contributed by atoms with Crippen LogP contribution in [0.5, 0.6) is 0 Å². The quantitative estimate of drug-likeness (QED) is 0.594. The second-order valence-corrected chi connectivity index (χ2v) is 6.04. The molecule has 0 aliphatic heterocycles. The molecule has 0 unspecified atom stereocenters. The number of rotatable bonds is 11. The smallest absolute Gasteiger partial charge is 0.228 e. The Morgan fingerprint density at radius 2 is 1.52 bits per heavy atom. The lowest BCUT2D eigenvalue weighted by Gasteiger charge is -2.08. The van der Waals surface area contributed by atoms with E-state index in [4.69, 9.17) is 11.6 Å². The van der Waals surface area contributed by atoms with E-state index in [1.54, 1.807) is 0 Å². The molecule has 0 fully saturated rings. The molecule has 5 nitrogen and oxygen atoms in total. The largest absolute Gasteiger partial charge is 0.354 e. The van der Waals surface area contributed by atoms with Crippen molar-refractivity contribution in [2.24, 2.45) is 5.92 Å². The van der Waals surface area contributed by atoms with Gasteiger partial charge in [0.1, 0.15) is 0 Å². The molecule has 0 saturated carbocycles. The van der Waals surface area contributed by atoms with Gasteiger partial charge in [0, 0.05) is 13.1 Å². The van der Waals surface area contributed by atoms with Crippen molar-refractivity contribution < 1.29 is 0 Å². The average molecular weight is 314 g/mol. The van der Waals surface area contributed by atoms with Gasteiger partial charge >= 0.3 is 0 Å². The Morgan fingerprint density at radius 1 is 0.905 bits per heavy atom. The third kappa shape index (κ3) is 8.71. The van der Waals surface area contributed by atoms with Crippen LogP contribution >= 0.6 is 11.6 Å². The minimum absolute atomic E-state index is 0.225.